The van der Waals surface area contributed by atoms with Gasteiger partial charge in [-0.25, -0.2) is 9.18 Å². The van der Waals surface area contributed by atoms with E-state index in [0.29, 0.717) is 8.63 Å². The molecule has 1 fully saturated rings. The summed E-state index contributed by atoms with van der Waals surface area (Å²) < 4.78 is 14.1. The topological polar surface area (TPSA) is 63.7 Å². The van der Waals surface area contributed by atoms with Crippen molar-refractivity contribution < 1.29 is 23.6 Å². The van der Waals surface area contributed by atoms with Crippen LogP contribution < -0.4 is 0 Å². The average molecular weight is 363 g/mol. The van der Waals surface area contributed by atoms with Crippen LogP contribution in [0.25, 0.3) is 0 Å². The van der Waals surface area contributed by atoms with E-state index in [1.54, 1.807) is 0 Å². The lowest BCUT2D eigenvalue weighted by Crippen LogP contribution is -2.32. The second kappa shape index (κ2) is 5.01. The summed E-state index contributed by atoms with van der Waals surface area (Å²) in [5.74, 6) is -3.02. The molecular formula is C11H7FINO4. The molecule has 1 aliphatic heterocycles. The van der Waals surface area contributed by atoms with Crippen molar-refractivity contribution in [2.24, 2.45) is 0 Å². The van der Waals surface area contributed by atoms with Gasteiger partial charge in [-0.1, -0.05) is 0 Å². The van der Waals surface area contributed by atoms with Crippen molar-refractivity contribution in [1.29, 1.82) is 0 Å². The maximum atomic E-state index is 13.5. The van der Waals surface area contributed by atoms with E-state index in [-0.39, 0.29) is 18.4 Å². The Labute approximate surface area is 115 Å². The van der Waals surface area contributed by atoms with E-state index in [0.717, 1.165) is 6.07 Å². The minimum absolute atomic E-state index is 0.00127. The third-order valence-corrected chi connectivity index (χ3v) is 3.00. The molecule has 0 bridgehead atoms. The molecule has 5 nitrogen and oxygen atoms in total. The van der Waals surface area contributed by atoms with Crippen molar-refractivity contribution in [2.75, 3.05) is 0 Å². The Morgan fingerprint density at radius 3 is 2.44 bits per heavy atom. The molecule has 2 amide bonds. The van der Waals surface area contributed by atoms with Gasteiger partial charge in [0, 0.05) is 16.4 Å². The van der Waals surface area contributed by atoms with E-state index in [1.165, 1.54) is 12.1 Å². The second-order valence-electron chi connectivity index (χ2n) is 3.58. The van der Waals surface area contributed by atoms with Gasteiger partial charge in [0.05, 0.1) is 5.56 Å². The minimum atomic E-state index is -1.06. The smallest absolute Gasteiger partial charge is 0.325 e. The van der Waals surface area contributed by atoms with Crippen molar-refractivity contribution in [1.82, 2.24) is 5.06 Å². The number of imide groups is 1. The van der Waals surface area contributed by atoms with Gasteiger partial charge < -0.3 is 4.84 Å². The van der Waals surface area contributed by atoms with E-state index in [1.807, 2.05) is 22.6 Å². The van der Waals surface area contributed by atoms with Crippen molar-refractivity contribution in [3.63, 3.8) is 0 Å². The predicted octanol–water partition coefficient (Wildman–Crippen LogP) is 1.65. The van der Waals surface area contributed by atoms with Crippen LogP contribution in [0.4, 0.5) is 4.39 Å². The number of hydrogen-bond donors (Lipinski definition) is 0. The van der Waals surface area contributed by atoms with Gasteiger partial charge in [0.1, 0.15) is 5.82 Å². The average Bonchev–Trinajstić information content (AvgIpc) is 2.60. The number of nitrogens with zero attached hydrogens (tertiary/aromatic N) is 1. The molecule has 1 aliphatic rings. The van der Waals surface area contributed by atoms with Crippen LogP contribution in [0, 0.1) is 9.39 Å². The first-order valence-corrected chi connectivity index (χ1v) is 6.10. The van der Waals surface area contributed by atoms with Crippen LogP contribution in [0.15, 0.2) is 18.2 Å². The Kier molecular flexibility index (Phi) is 3.60. The Morgan fingerprint density at radius 1 is 1.28 bits per heavy atom. The molecule has 0 radical (unpaired) electrons. The lowest BCUT2D eigenvalue weighted by molar-refractivity contribution is -0.172. The Hall–Kier alpha value is -1.51. The molecule has 1 aromatic rings. The van der Waals surface area contributed by atoms with E-state index in [2.05, 4.69) is 4.84 Å². The summed E-state index contributed by atoms with van der Waals surface area (Å²) in [5, 5.41) is 0.389. The van der Waals surface area contributed by atoms with E-state index < -0.39 is 23.6 Å². The summed E-state index contributed by atoms with van der Waals surface area (Å²) in [6.45, 7) is 0. The highest BCUT2D eigenvalue weighted by atomic mass is 127. The van der Waals surface area contributed by atoms with Crippen LogP contribution in [0.1, 0.15) is 23.2 Å². The van der Waals surface area contributed by atoms with Crippen molar-refractivity contribution in [3.05, 3.63) is 33.1 Å². The molecule has 0 spiro atoms. The van der Waals surface area contributed by atoms with Crippen LogP contribution in [-0.4, -0.2) is 22.8 Å². The number of carbonyl (C=O) groups excluding carboxylic acids is 3. The minimum Gasteiger partial charge on any atom is -0.325 e. The molecule has 2 rings (SSSR count). The fraction of sp³-hybridized carbons (Fsp3) is 0.182. The Balaban J connectivity index is 2.17. The molecule has 0 aliphatic carbocycles. The number of benzene rings is 1. The van der Waals surface area contributed by atoms with Gasteiger partial charge in [-0.3, -0.25) is 9.59 Å². The Morgan fingerprint density at radius 2 is 1.89 bits per heavy atom. The van der Waals surface area contributed by atoms with Gasteiger partial charge in [0.2, 0.25) is 0 Å². The van der Waals surface area contributed by atoms with Crippen LogP contribution in [-0.2, 0) is 14.4 Å². The molecule has 0 unspecified atom stereocenters. The molecule has 1 heterocycles. The maximum Gasteiger partial charge on any atom is 0.366 e. The molecule has 7 heteroatoms. The van der Waals surface area contributed by atoms with Gasteiger partial charge in [-0.05, 0) is 40.8 Å². The first-order valence-electron chi connectivity index (χ1n) is 5.02. The zero-order valence-electron chi connectivity index (χ0n) is 8.98. The van der Waals surface area contributed by atoms with E-state index in [4.69, 9.17) is 0 Å². The summed E-state index contributed by atoms with van der Waals surface area (Å²) in [7, 11) is 0. The molecule has 0 aromatic heterocycles. The van der Waals surface area contributed by atoms with E-state index in [9.17, 15) is 18.8 Å². The predicted molar refractivity (Wildman–Crippen MR) is 65.6 cm³/mol. The quantitative estimate of drug-likeness (QED) is 0.592. The molecule has 1 aromatic carbocycles. The maximum absolute atomic E-state index is 13.5. The fourth-order valence-corrected chi connectivity index (χ4v) is 1.90. The molecule has 94 valence electrons. The van der Waals surface area contributed by atoms with Gasteiger partial charge >= 0.3 is 5.97 Å². The van der Waals surface area contributed by atoms with Gasteiger partial charge in [0.25, 0.3) is 11.8 Å². The van der Waals surface area contributed by atoms with Crippen molar-refractivity contribution in [3.8, 4) is 0 Å². The normalized spacial score (nSPS) is 15.1. The summed E-state index contributed by atoms with van der Waals surface area (Å²) >= 11 is 1.89. The zero-order valence-corrected chi connectivity index (χ0v) is 11.1. The van der Waals surface area contributed by atoms with Crippen LogP contribution in [0.2, 0.25) is 0 Å². The van der Waals surface area contributed by atoms with Gasteiger partial charge in [-0.2, -0.15) is 0 Å². The van der Waals surface area contributed by atoms with Crippen molar-refractivity contribution in [2.45, 2.75) is 12.8 Å². The number of hydroxylamine groups is 2. The molecule has 1 saturated heterocycles. The summed E-state index contributed by atoms with van der Waals surface area (Å²) in [4.78, 5) is 38.7. The van der Waals surface area contributed by atoms with Gasteiger partial charge in [0.15, 0.2) is 0 Å². The highest BCUT2D eigenvalue weighted by Gasteiger charge is 2.33. The monoisotopic (exact) mass is 363 g/mol. The highest BCUT2D eigenvalue weighted by molar-refractivity contribution is 14.1. The standard InChI is InChI=1S/C11H7FINO4/c12-8-5-6(13)1-2-7(8)11(17)18-14-9(15)3-4-10(14)16/h1-2,5H,3-4H2. The summed E-state index contributed by atoms with van der Waals surface area (Å²) in [5.41, 5.74) is -0.317. The molecule has 18 heavy (non-hydrogen) atoms. The van der Waals surface area contributed by atoms with E-state index >= 15 is 0 Å². The van der Waals surface area contributed by atoms with Crippen molar-refractivity contribution >= 4 is 40.4 Å². The van der Waals surface area contributed by atoms with Crippen LogP contribution in [0.5, 0.6) is 0 Å². The first-order chi connectivity index (χ1) is 8.49. The molecule has 0 saturated carbocycles. The molecular weight excluding hydrogens is 356 g/mol. The first kappa shape index (κ1) is 12.9. The number of amides is 2. The largest absolute Gasteiger partial charge is 0.366 e. The van der Waals surface area contributed by atoms with Crippen LogP contribution in [0.3, 0.4) is 0 Å². The number of rotatable bonds is 2. The molecule has 0 N–H and O–H groups in total. The number of halogens is 2. The lowest BCUT2D eigenvalue weighted by atomic mass is 10.2. The SMILES string of the molecule is O=C(ON1C(=O)CCC1=O)c1ccc(I)cc1F. The fourth-order valence-electron chi connectivity index (χ4n) is 1.44. The third kappa shape index (κ3) is 2.50. The third-order valence-electron chi connectivity index (χ3n) is 2.33. The summed E-state index contributed by atoms with van der Waals surface area (Å²) in [6.07, 6.45) is 0.00255. The summed E-state index contributed by atoms with van der Waals surface area (Å²) in [6, 6.07) is 3.92. The number of carbonyl (C=O) groups is 3. The van der Waals surface area contributed by atoms with Gasteiger partial charge in [-0.15, -0.1) is 5.06 Å². The number of hydrogen-bond acceptors (Lipinski definition) is 4. The zero-order chi connectivity index (χ0) is 13.3. The Bertz CT molecular complexity index is 530. The second-order valence-corrected chi connectivity index (χ2v) is 4.83. The highest BCUT2D eigenvalue weighted by Crippen LogP contribution is 2.17. The van der Waals surface area contributed by atoms with Crippen LogP contribution >= 0.6 is 22.6 Å². The lowest BCUT2D eigenvalue weighted by Gasteiger charge is -2.12. The molecule has 0 atom stereocenters.